The highest BCUT2D eigenvalue weighted by Crippen LogP contribution is 2.39. The first-order valence-electron chi connectivity index (χ1n) is 23.0. The van der Waals surface area contributed by atoms with Crippen molar-refractivity contribution in [3.05, 3.63) is 36.6 Å². The fraction of sp³-hybridized carbons (Fsp3) is 0.848. The molecule has 0 radical (unpaired) electrons. The molecule has 11 nitrogen and oxygen atoms in total. The van der Waals surface area contributed by atoms with E-state index in [2.05, 4.69) is 26.0 Å². The van der Waals surface area contributed by atoms with Gasteiger partial charge in [-0.3, -0.25) is 9.36 Å². The Morgan fingerprint density at radius 1 is 0.776 bits per heavy atom. The summed E-state index contributed by atoms with van der Waals surface area (Å²) >= 11 is 0. The highest BCUT2D eigenvalue weighted by molar-refractivity contribution is 7.45. The molecule has 7 atom stereocenters. The Kier molecular flexibility index (Phi) is 32.0. The van der Waals surface area contributed by atoms with Gasteiger partial charge in [-0.1, -0.05) is 122 Å². The number of nitrogens with zero attached hydrogens (tertiary/aromatic N) is 1. The number of rotatable bonds is 38. The van der Waals surface area contributed by atoms with Crippen molar-refractivity contribution in [3.63, 3.8) is 0 Å². The number of esters is 1. The molecule has 1 saturated carbocycles. The van der Waals surface area contributed by atoms with E-state index in [1.165, 1.54) is 64.2 Å². The lowest BCUT2D eigenvalue weighted by atomic mass is 9.88. The van der Waals surface area contributed by atoms with Gasteiger partial charge in [0.1, 0.15) is 19.8 Å². The number of phosphoric acid groups is 1. The number of allylic oxidation sites excluding steroid dienone is 3. The van der Waals surface area contributed by atoms with Gasteiger partial charge in [0.05, 0.1) is 52.3 Å². The maximum Gasteiger partial charge on any atom is 0.306 e. The molecule has 0 amide bonds. The minimum absolute atomic E-state index is 0.0233. The lowest BCUT2D eigenvalue weighted by molar-refractivity contribution is -0.870. The molecule has 12 heteroatoms. The number of aliphatic hydroxyl groups is 3. The minimum atomic E-state index is -4.60. The van der Waals surface area contributed by atoms with Crippen molar-refractivity contribution in [2.75, 3.05) is 47.5 Å². The normalized spacial score (nSPS) is 21.0. The number of carbonyl (C=O) groups excluding carboxylic acids is 1. The van der Waals surface area contributed by atoms with Crippen LogP contribution in [-0.2, 0) is 27.9 Å². The molecule has 340 valence electrons. The van der Waals surface area contributed by atoms with Crippen LogP contribution in [0.2, 0.25) is 0 Å². The molecule has 1 fully saturated rings. The van der Waals surface area contributed by atoms with E-state index in [9.17, 15) is 29.6 Å². The number of carbonyl (C=O) groups is 1. The Morgan fingerprint density at radius 2 is 1.36 bits per heavy atom. The van der Waals surface area contributed by atoms with Gasteiger partial charge in [0.15, 0.2) is 6.10 Å². The van der Waals surface area contributed by atoms with Crippen LogP contribution in [-0.4, -0.2) is 97.7 Å². The zero-order valence-corrected chi connectivity index (χ0v) is 38.2. The zero-order chi connectivity index (χ0) is 42.9. The monoisotopic (exact) mass is 844 g/mol. The number of hydrogen-bond donors (Lipinski definition) is 3. The van der Waals surface area contributed by atoms with E-state index in [-0.39, 0.29) is 31.5 Å². The van der Waals surface area contributed by atoms with Crippen LogP contribution in [0.4, 0.5) is 0 Å². The van der Waals surface area contributed by atoms with Gasteiger partial charge >= 0.3 is 5.97 Å². The molecule has 1 aliphatic rings. The van der Waals surface area contributed by atoms with E-state index in [1.807, 2.05) is 33.3 Å². The van der Waals surface area contributed by atoms with E-state index >= 15 is 0 Å². The van der Waals surface area contributed by atoms with E-state index in [0.29, 0.717) is 30.3 Å². The number of hydrogen-bond acceptors (Lipinski definition) is 10. The van der Waals surface area contributed by atoms with Gasteiger partial charge in [0, 0.05) is 18.8 Å². The Morgan fingerprint density at radius 3 is 2.02 bits per heavy atom. The molecule has 1 unspecified atom stereocenters. The van der Waals surface area contributed by atoms with Crippen molar-refractivity contribution in [1.29, 1.82) is 0 Å². The first kappa shape index (κ1) is 54.5. The molecule has 0 heterocycles. The molecule has 0 spiro atoms. The van der Waals surface area contributed by atoms with E-state index in [0.717, 1.165) is 64.2 Å². The average molecular weight is 844 g/mol. The van der Waals surface area contributed by atoms with E-state index in [1.54, 1.807) is 12.3 Å². The van der Waals surface area contributed by atoms with Crippen LogP contribution < -0.4 is 4.89 Å². The summed E-state index contributed by atoms with van der Waals surface area (Å²) in [4.78, 5) is 25.2. The molecule has 0 aromatic carbocycles. The molecular formula is C46H86NO10P. The lowest BCUT2D eigenvalue weighted by Gasteiger charge is -2.28. The summed E-state index contributed by atoms with van der Waals surface area (Å²) in [5, 5.41) is 31.5. The first-order chi connectivity index (χ1) is 27.8. The summed E-state index contributed by atoms with van der Waals surface area (Å²) in [6.45, 7) is 4.37. The van der Waals surface area contributed by atoms with E-state index in [4.69, 9.17) is 18.5 Å². The van der Waals surface area contributed by atoms with Crippen molar-refractivity contribution in [2.24, 2.45) is 11.8 Å². The molecule has 0 aliphatic heterocycles. The number of aliphatic hydroxyl groups excluding tert-OH is 3. The largest absolute Gasteiger partial charge is 0.756 e. The average Bonchev–Trinajstić information content (AvgIpc) is 3.43. The molecule has 58 heavy (non-hydrogen) atoms. The van der Waals surface area contributed by atoms with Gasteiger partial charge in [-0.05, 0) is 69.8 Å². The van der Waals surface area contributed by atoms with Crippen molar-refractivity contribution in [1.82, 2.24) is 0 Å². The molecule has 1 rings (SSSR count). The van der Waals surface area contributed by atoms with Gasteiger partial charge in [0.25, 0.3) is 7.82 Å². The molecule has 3 N–H and O–H groups in total. The van der Waals surface area contributed by atoms with Crippen LogP contribution >= 0.6 is 7.82 Å². The van der Waals surface area contributed by atoms with Gasteiger partial charge in [-0.2, -0.15) is 0 Å². The predicted octanol–water partition coefficient (Wildman–Crippen LogP) is 9.48. The Balaban J connectivity index is 2.44. The summed E-state index contributed by atoms with van der Waals surface area (Å²) in [6, 6.07) is 0. The van der Waals surface area contributed by atoms with Crippen molar-refractivity contribution < 1.29 is 52.6 Å². The Hall–Kier alpha value is -1.56. The Labute approximate surface area is 353 Å². The van der Waals surface area contributed by atoms with Crippen molar-refractivity contribution in [3.8, 4) is 0 Å². The van der Waals surface area contributed by atoms with Crippen LogP contribution in [0.5, 0.6) is 0 Å². The van der Waals surface area contributed by atoms with Crippen LogP contribution in [0, 0.1) is 11.8 Å². The summed E-state index contributed by atoms with van der Waals surface area (Å²) in [6.07, 6.45) is 33.1. The second-order valence-electron chi connectivity index (χ2n) is 17.4. The molecule has 0 aromatic heterocycles. The quantitative estimate of drug-likeness (QED) is 0.0137. The first-order valence-corrected chi connectivity index (χ1v) is 24.5. The van der Waals surface area contributed by atoms with Crippen LogP contribution in [0.25, 0.3) is 0 Å². The second-order valence-corrected chi connectivity index (χ2v) is 18.8. The third-order valence-electron chi connectivity index (χ3n) is 10.8. The number of phosphoric ester groups is 1. The molecule has 0 saturated heterocycles. The SMILES string of the molecule is CCCCCC/C=C\CCCCCCCC/C=C/OC[C@H](COP(=O)([O-])OCC[N+](C)(C)C)OC(=O)CCCCCC[C@@H]1[C@@H](/C=C/[C@@H](O)CCCCC)[C@H](O)C[C@@H]1O. The third-order valence-corrected chi connectivity index (χ3v) is 11.8. The van der Waals surface area contributed by atoms with Gasteiger partial charge in [-0.25, -0.2) is 0 Å². The molecule has 0 bridgehead atoms. The van der Waals surface area contributed by atoms with Gasteiger partial charge in [-0.15, -0.1) is 0 Å². The summed E-state index contributed by atoms with van der Waals surface area (Å²) in [5.41, 5.74) is 0. The van der Waals surface area contributed by atoms with Crippen molar-refractivity contribution in [2.45, 2.75) is 192 Å². The van der Waals surface area contributed by atoms with Gasteiger partial charge in [0.2, 0.25) is 0 Å². The maximum absolute atomic E-state index is 12.8. The maximum atomic E-state index is 12.8. The molecule has 1 aliphatic carbocycles. The van der Waals surface area contributed by atoms with Crippen molar-refractivity contribution >= 4 is 13.8 Å². The summed E-state index contributed by atoms with van der Waals surface area (Å²) < 4.78 is 34.3. The zero-order valence-electron chi connectivity index (χ0n) is 37.3. The van der Waals surface area contributed by atoms with Crippen LogP contribution in [0.15, 0.2) is 36.6 Å². The third kappa shape index (κ3) is 30.5. The summed E-state index contributed by atoms with van der Waals surface area (Å²) in [5.74, 6) is -0.709. The Bertz CT molecular complexity index is 1140. The minimum Gasteiger partial charge on any atom is -0.756 e. The highest BCUT2D eigenvalue weighted by atomic mass is 31.2. The van der Waals surface area contributed by atoms with Crippen LogP contribution in [0.3, 0.4) is 0 Å². The molecular weight excluding hydrogens is 757 g/mol. The topological polar surface area (TPSA) is 155 Å². The number of quaternary nitrogens is 1. The lowest BCUT2D eigenvalue weighted by Crippen LogP contribution is -2.37. The van der Waals surface area contributed by atoms with Crippen LogP contribution in [0.1, 0.15) is 168 Å². The number of unbranched alkanes of at least 4 members (excludes halogenated alkanes) is 16. The van der Waals surface area contributed by atoms with E-state index < -0.39 is 44.8 Å². The number of ether oxygens (including phenoxy) is 2. The highest BCUT2D eigenvalue weighted by Gasteiger charge is 2.39. The number of likely N-dealkylation sites (N-methyl/N-ethyl adjacent to an activating group) is 1. The fourth-order valence-corrected chi connectivity index (χ4v) is 7.92. The smallest absolute Gasteiger partial charge is 0.306 e. The second kappa shape index (κ2) is 34.1. The standard InChI is InChI=1S/C46H86NO10P/c1-6-8-10-11-12-13-14-15-16-17-18-19-20-21-24-28-35-54-38-41(39-56-58(52,53)55-36-34-47(3,4)5)57-46(51)31-27-23-22-26-30-42-43(45(50)37-44(42)49)33-32-40(48)29-25-9-7-2/h13-14,28,32-33,35,40-45,48-50H,6-12,15-27,29-31,34,36-39H2,1-5H3/b14-13-,33-32+,35-28+/t40-,41+,42+,43+,44-,45+/m0/s1. The molecule has 0 aromatic rings. The summed E-state index contributed by atoms with van der Waals surface area (Å²) in [7, 11) is 1.19. The van der Waals surface area contributed by atoms with Gasteiger partial charge < -0.3 is 43.2 Å². The fourth-order valence-electron chi connectivity index (χ4n) is 7.19. The predicted molar refractivity (Wildman–Crippen MR) is 233 cm³/mol.